The number of hydrogen-bond donors (Lipinski definition) is 1. The number of nitrogens with one attached hydrogen (secondary N) is 1. The highest BCUT2D eigenvalue weighted by Gasteiger charge is 2.30. The molecule has 1 N–H and O–H groups in total. The van der Waals surface area contributed by atoms with Crippen LogP contribution in [0, 0.1) is 5.92 Å². The Hall–Kier alpha value is -3.21. The molecule has 0 unspecified atom stereocenters. The van der Waals surface area contributed by atoms with Crippen LogP contribution in [-0.2, 0) is 4.79 Å². The third-order valence-electron chi connectivity index (χ3n) is 4.63. The minimum Gasteiger partial charge on any atom is -0.424 e. The highest BCUT2D eigenvalue weighted by atomic mass is 16.5. The smallest absolute Gasteiger partial charge is 0.321 e. The lowest BCUT2D eigenvalue weighted by atomic mass is 10.0. The van der Waals surface area contributed by atoms with E-state index in [9.17, 15) is 4.79 Å². The molecule has 5 nitrogen and oxygen atoms in total. The second-order valence-electron chi connectivity index (χ2n) is 6.80. The molecule has 1 amide bonds. The van der Waals surface area contributed by atoms with Crippen molar-refractivity contribution >= 4 is 5.91 Å². The fourth-order valence-electron chi connectivity index (χ4n) is 2.84. The van der Waals surface area contributed by atoms with Crippen LogP contribution < -0.4 is 10.1 Å². The van der Waals surface area contributed by atoms with E-state index in [0.29, 0.717) is 11.8 Å². The van der Waals surface area contributed by atoms with Crippen molar-refractivity contribution in [2.75, 3.05) is 0 Å². The Morgan fingerprint density at radius 2 is 1.67 bits per heavy atom. The van der Waals surface area contributed by atoms with Gasteiger partial charge in [0.1, 0.15) is 5.75 Å². The van der Waals surface area contributed by atoms with Crippen molar-refractivity contribution in [2.24, 2.45) is 5.92 Å². The van der Waals surface area contributed by atoms with Crippen LogP contribution in [0.5, 0.6) is 11.8 Å². The summed E-state index contributed by atoms with van der Waals surface area (Å²) < 4.78 is 5.62. The molecule has 1 saturated carbocycles. The number of carbonyl (C=O) groups excluding carboxylic acids is 1. The van der Waals surface area contributed by atoms with Gasteiger partial charge < -0.3 is 10.1 Å². The molecule has 1 atom stereocenters. The van der Waals surface area contributed by atoms with Crippen LogP contribution in [0.2, 0.25) is 0 Å². The van der Waals surface area contributed by atoms with E-state index < -0.39 is 0 Å². The Bertz CT molecular complexity index is 905. The zero-order chi connectivity index (χ0) is 18.6. The molecule has 1 aliphatic rings. The Morgan fingerprint density at radius 1 is 1.00 bits per heavy atom. The summed E-state index contributed by atoms with van der Waals surface area (Å²) in [5.74, 6) is 1.09. The van der Waals surface area contributed by atoms with Gasteiger partial charge in [0.25, 0.3) is 0 Å². The number of hydrogen-bond acceptors (Lipinski definition) is 4. The zero-order valence-electron chi connectivity index (χ0n) is 15.1. The third-order valence-corrected chi connectivity index (χ3v) is 4.63. The maximum Gasteiger partial charge on any atom is 0.321 e. The summed E-state index contributed by atoms with van der Waals surface area (Å²) in [4.78, 5) is 20.5. The van der Waals surface area contributed by atoms with Crippen LogP contribution in [0.4, 0.5) is 0 Å². The molecule has 1 aromatic heterocycles. The van der Waals surface area contributed by atoms with Crippen LogP contribution in [0.1, 0.15) is 31.4 Å². The van der Waals surface area contributed by atoms with Gasteiger partial charge in [0.2, 0.25) is 5.91 Å². The van der Waals surface area contributed by atoms with Crippen molar-refractivity contribution in [1.29, 1.82) is 0 Å². The van der Waals surface area contributed by atoms with E-state index in [2.05, 4.69) is 15.3 Å². The van der Waals surface area contributed by atoms with Crippen molar-refractivity contribution in [3.63, 3.8) is 0 Å². The minimum atomic E-state index is 0.00467. The lowest BCUT2D eigenvalue weighted by Gasteiger charge is -2.14. The summed E-state index contributed by atoms with van der Waals surface area (Å²) in [7, 11) is 0. The molecule has 0 radical (unpaired) electrons. The number of amides is 1. The Kier molecular flexibility index (Phi) is 4.83. The molecule has 4 rings (SSSR count). The van der Waals surface area contributed by atoms with Gasteiger partial charge in [-0.15, -0.1) is 0 Å². The first-order valence-electron chi connectivity index (χ1n) is 9.15. The normalized spacial score (nSPS) is 14.4. The zero-order valence-corrected chi connectivity index (χ0v) is 15.1. The van der Waals surface area contributed by atoms with Crippen LogP contribution in [0.3, 0.4) is 0 Å². The van der Waals surface area contributed by atoms with E-state index in [1.165, 1.54) is 0 Å². The molecule has 27 heavy (non-hydrogen) atoms. The van der Waals surface area contributed by atoms with Crippen LogP contribution in [0.25, 0.3) is 11.1 Å². The van der Waals surface area contributed by atoms with Gasteiger partial charge >= 0.3 is 6.01 Å². The average molecular weight is 359 g/mol. The maximum atomic E-state index is 11.9. The molecular formula is C22H21N3O2. The third kappa shape index (κ3) is 4.31. The summed E-state index contributed by atoms with van der Waals surface area (Å²) >= 11 is 0. The molecule has 0 spiro atoms. The summed E-state index contributed by atoms with van der Waals surface area (Å²) in [6.45, 7) is 2.01. The molecule has 136 valence electrons. The number of para-hydroxylation sites is 1. The molecule has 2 aromatic carbocycles. The van der Waals surface area contributed by atoms with Gasteiger partial charge in [-0.05, 0) is 43.0 Å². The minimum absolute atomic E-state index is 0.00467. The van der Waals surface area contributed by atoms with Crippen molar-refractivity contribution in [3.05, 3.63) is 72.6 Å². The molecule has 3 aromatic rings. The molecular weight excluding hydrogens is 338 g/mol. The van der Waals surface area contributed by atoms with Gasteiger partial charge in [0.05, 0.1) is 6.04 Å². The van der Waals surface area contributed by atoms with E-state index in [0.717, 1.165) is 29.5 Å². The number of aromatic nitrogens is 2. The van der Waals surface area contributed by atoms with Crippen LogP contribution >= 0.6 is 0 Å². The second-order valence-corrected chi connectivity index (χ2v) is 6.80. The summed E-state index contributed by atoms with van der Waals surface area (Å²) in [5, 5.41) is 3.07. The lowest BCUT2D eigenvalue weighted by Crippen LogP contribution is -2.27. The van der Waals surface area contributed by atoms with E-state index in [1.54, 1.807) is 12.4 Å². The van der Waals surface area contributed by atoms with E-state index in [4.69, 9.17) is 4.74 Å². The van der Waals surface area contributed by atoms with Gasteiger partial charge in [-0.3, -0.25) is 4.79 Å². The summed E-state index contributed by atoms with van der Waals surface area (Å²) in [6.07, 6.45) is 5.53. The first-order chi connectivity index (χ1) is 13.2. The lowest BCUT2D eigenvalue weighted by molar-refractivity contribution is -0.122. The van der Waals surface area contributed by atoms with Gasteiger partial charge in [0.15, 0.2) is 0 Å². The largest absolute Gasteiger partial charge is 0.424 e. The Balaban J connectivity index is 1.41. The standard InChI is InChI=1S/C22H21N3O2/c1-15(25-21(26)18-11-12-18)16-7-9-17(10-8-16)19-13-23-22(24-14-19)27-20-5-3-2-4-6-20/h2-10,13-15,18H,11-12H2,1H3,(H,25,26)/t15-/m0/s1. The summed E-state index contributed by atoms with van der Waals surface area (Å²) in [5.41, 5.74) is 3.01. The van der Waals surface area contributed by atoms with Crippen molar-refractivity contribution in [3.8, 4) is 22.9 Å². The number of benzene rings is 2. The van der Waals surface area contributed by atoms with Crippen molar-refractivity contribution < 1.29 is 9.53 Å². The number of ether oxygens (including phenoxy) is 1. The number of carbonyl (C=O) groups is 1. The SMILES string of the molecule is C[C@H](NC(=O)C1CC1)c1ccc(-c2cnc(Oc3ccccc3)nc2)cc1. The summed E-state index contributed by atoms with van der Waals surface area (Å²) in [6, 6.07) is 17.9. The van der Waals surface area contributed by atoms with Gasteiger partial charge in [-0.1, -0.05) is 42.5 Å². The van der Waals surface area contributed by atoms with E-state index in [-0.39, 0.29) is 17.9 Å². The topological polar surface area (TPSA) is 64.1 Å². The predicted molar refractivity (Wildman–Crippen MR) is 103 cm³/mol. The first kappa shape index (κ1) is 17.2. The molecule has 0 bridgehead atoms. The molecule has 1 aliphatic carbocycles. The van der Waals surface area contributed by atoms with Crippen LogP contribution in [0.15, 0.2) is 67.0 Å². The molecule has 5 heteroatoms. The maximum absolute atomic E-state index is 11.9. The Morgan fingerprint density at radius 3 is 2.30 bits per heavy atom. The van der Waals surface area contributed by atoms with E-state index in [1.807, 2.05) is 61.5 Å². The van der Waals surface area contributed by atoms with Crippen molar-refractivity contribution in [1.82, 2.24) is 15.3 Å². The quantitative estimate of drug-likeness (QED) is 0.703. The Labute approximate surface area is 158 Å². The fourth-order valence-corrected chi connectivity index (χ4v) is 2.84. The molecule has 0 saturated heterocycles. The van der Waals surface area contributed by atoms with Crippen molar-refractivity contribution in [2.45, 2.75) is 25.8 Å². The molecule has 0 aliphatic heterocycles. The van der Waals surface area contributed by atoms with E-state index >= 15 is 0 Å². The van der Waals surface area contributed by atoms with Gasteiger partial charge in [-0.25, -0.2) is 9.97 Å². The fraction of sp³-hybridized carbons (Fsp3) is 0.227. The second kappa shape index (κ2) is 7.58. The van der Waals surface area contributed by atoms with Crippen LogP contribution in [-0.4, -0.2) is 15.9 Å². The highest BCUT2D eigenvalue weighted by molar-refractivity contribution is 5.81. The van der Waals surface area contributed by atoms with Gasteiger partial charge in [0, 0.05) is 23.9 Å². The highest BCUT2D eigenvalue weighted by Crippen LogP contribution is 2.30. The predicted octanol–water partition coefficient (Wildman–Crippen LogP) is 4.52. The number of nitrogens with zero attached hydrogens (tertiary/aromatic N) is 2. The first-order valence-corrected chi connectivity index (χ1v) is 9.15. The molecule has 1 heterocycles. The molecule has 1 fully saturated rings. The average Bonchev–Trinajstić information content (AvgIpc) is 3.55. The monoisotopic (exact) mass is 359 g/mol. The van der Waals surface area contributed by atoms with Gasteiger partial charge in [-0.2, -0.15) is 0 Å². The number of rotatable bonds is 6.